The van der Waals surface area contributed by atoms with E-state index in [1.165, 1.54) is 5.57 Å². The Kier molecular flexibility index (Phi) is 7.28. The highest BCUT2D eigenvalue weighted by atomic mass is 16.5. The van der Waals surface area contributed by atoms with Crippen LogP contribution in [0.4, 0.5) is 0 Å². The molecule has 0 amide bonds. The first-order chi connectivity index (χ1) is 16.2. The lowest BCUT2D eigenvalue weighted by atomic mass is 9.51. The SMILES string of the molecule is C=C1CCC2[C@H](OC(C)=O)C([C@@]3(C)CC[C@H](O)C[C@@H]3/C=C/c3ccc(OCC)cc3)CC[C@]12C. The minimum atomic E-state index is -0.282. The van der Waals surface area contributed by atoms with Crippen molar-refractivity contribution in [3.8, 4) is 5.75 Å². The van der Waals surface area contributed by atoms with E-state index in [-0.39, 0.29) is 40.8 Å². The molecule has 186 valence electrons. The van der Waals surface area contributed by atoms with Gasteiger partial charge >= 0.3 is 5.97 Å². The Morgan fingerprint density at radius 2 is 1.88 bits per heavy atom. The summed E-state index contributed by atoms with van der Waals surface area (Å²) in [6.45, 7) is 13.3. The topological polar surface area (TPSA) is 55.8 Å². The fraction of sp³-hybridized carbons (Fsp3) is 0.633. The smallest absolute Gasteiger partial charge is 0.302 e. The third kappa shape index (κ3) is 4.71. The molecule has 7 atom stereocenters. The van der Waals surface area contributed by atoms with Gasteiger partial charge in [0.05, 0.1) is 12.7 Å². The lowest BCUT2D eigenvalue weighted by Gasteiger charge is -2.55. The van der Waals surface area contributed by atoms with Crippen LogP contribution in [0.1, 0.15) is 78.2 Å². The Labute approximate surface area is 205 Å². The van der Waals surface area contributed by atoms with Crippen molar-refractivity contribution < 1.29 is 19.4 Å². The van der Waals surface area contributed by atoms with Gasteiger partial charge in [-0.05, 0) is 86.3 Å². The zero-order valence-electron chi connectivity index (χ0n) is 21.4. The molecule has 4 rings (SSSR count). The van der Waals surface area contributed by atoms with Gasteiger partial charge in [-0.15, -0.1) is 0 Å². The number of ether oxygens (including phenoxy) is 2. The van der Waals surface area contributed by atoms with Gasteiger partial charge in [0, 0.05) is 18.8 Å². The first kappa shape index (κ1) is 25.0. The Morgan fingerprint density at radius 1 is 1.15 bits per heavy atom. The van der Waals surface area contributed by atoms with Crippen LogP contribution in [0.15, 0.2) is 42.5 Å². The Morgan fingerprint density at radius 3 is 2.56 bits per heavy atom. The standard InChI is InChI=1S/C30H42O4/c1-6-33-25-12-9-22(10-13-25)8-11-23-19-24(32)15-17-30(23,5)27-16-18-29(4)20(2)7-14-26(29)28(27)34-21(3)31/h8-13,23-24,26-28,32H,2,6-7,14-19H2,1,3-5H3/b11-8+/t23-,24-,26?,27?,28-,29+,30-/m0/s1. The maximum Gasteiger partial charge on any atom is 0.302 e. The molecule has 3 fully saturated rings. The van der Waals surface area contributed by atoms with Crippen LogP contribution in [0.25, 0.3) is 6.08 Å². The molecule has 4 heteroatoms. The van der Waals surface area contributed by atoms with E-state index in [0.29, 0.717) is 12.5 Å². The molecule has 34 heavy (non-hydrogen) atoms. The lowest BCUT2D eigenvalue weighted by molar-refractivity contribution is -0.171. The van der Waals surface area contributed by atoms with Gasteiger partial charge in [-0.1, -0.05) is 50.3 Å². The predicted molar refractivity (Wildman–Crippen MR) is 136 cm³/mol. The fourth-order valence-electron chi connectivity index (χ4n) is 7.22. The Balaban J connectivity index is 1.62. The molecule has 1 aromatic rings. The summed E-state index contributed by atoms with van der Waals surface area (Å²) >= 11 is 0. The second-order valence-electron chi connectivity index (χ2n) is 11.3. The van der Waals surface area contributed by atoms with Crippen LogP contribution >= 0.6 is 0 Å². The van der Waals surface area contributed by atoms with Crippen LogP contribution in [0.3, 0.4) is 0 Å². The van der Waals surface area contributed by atoms with Crippen molar-refractivity contribution in [3.63, 3.8) is 0 Å². The van der Waals surface area contributed by atoms with Gasteiger partial charge in [0.2, 0.25) is 0 Å². The largest absolute Gasteiger partial charge is 0.494 e. The maximum atomic E-state index is 12.2. The van der Waals surface area contributed by atoms with E-state index in [2.05, 4.69) is 44.7 Å². The van der Waals surface area contributed by atoms with E-state index in [1.54, 1.807) is 6.92 Å². The molecule has 0 aromatic heterocycles. The fourth-order valence-corrected chi connectivity index (χ4v) is 7.22. The number of esters is 1. The highest BCUT2D eigenvalue weighted by molar-refractivity contribution is 5.66. The highest BCUT2D eigenvalue weighted by Crippen LogP contribution is 2.62. The number of fused-ring (bicyclic) bond motifs is 1. The zero-order valence-corrected chi connectivity index (χ0v) is 21.4. The number of carbonyl (C=O) groups is 1. The van der Waals surface area contributed by atoms with E-state index in [4.69, 9.17) is 9.47 Å². The van der Waals surface area contributed by atoms with Gasteiger partial charge in [-0.25, -0.2) is 0 Å². The predicted octanol–water partition coefficient (Wildman–Crippen LogP) is 6.58. The molecule has 4 nitrogen and oxygen atoms in total. The van der Waals surface area contributed by atoms with Crippen LogP contribution in [0.2, 0.25) is 0 Å². The van der Waals surface area contributed by atoms with Gasteiger partial charge in [0.15, 0.2) is 0 Å². The Hall–Kier alpha value is -2.07. The van der Waals surface area contributed by atoms with Crippen LogP contribution in [0.5, 0.6) is 5.75 Å². The van der Waals surface area contributed by atoms with Crippen molar-refractivity contribution in [2.45, 2.75) is 84.8 Å². The van der Waals surface area contributed by atoms with Crippen molar-refractivity contribution in [1.82, 2.24) is 0 Å². The molecule has 2 unspecified atom stereocenters. The summed E-state index contributed by atoms with van der Waals surface area (Å²) in [5.41, 5.74) is 2.48. The van der Waals surface area contributed by atoms with E-state index in [1.807, 2.05) is 19.1 Å². The molecule has 0 radical (unpaired) electrons. The summed E-state index contributed by atoms with van der Waals surface area (Å²) in [5, 5.41) is 10.6. The van der Waals surface area contributed by atoms with E-state index in [9.17, 15) is 9.90 Å². The summed E-state index contributed by atoms with van der Waals surface area (Å²) in [5.74, 6) is 1.53. The van der Waals surface area contributed by atoms with Crippen molar-refractivity contribution in [2.75, 3.05) is 6.61 Å². The number of rotatable bonds is 6. The van der Waals surface area contributed by atoms with Crippen LogP contribution in [0, 0.1) is 28.6 Å². The molecule has 3 aliphatic carbocycles. The number of hydrogen-bond acceptors (Lipinski definition) is 4. The van der Waals surface area contributed by atoms with Crippen LogP contribution in [-0.4, -0.2) is 29.9 Å². The highest BCUT2D eigenvalue weighted by Gasteiger charge is 2.58. The number of hydrogen-bond donors (Lipinski definition) is 1. The lowest BCUT2D eigenvalue weighted by Crippen LogP contribution is -2.53. The number of carbonyl (C=O) groups excluding carboxylic acids is 1. The third-order valence-electron chi connectivity index (χ3n) is 9.40. The summed E-state index contributed by atoms with van der Waals surface area (Å²) in [6, 6.07) is 8.17. The summed E-state index contributed by atoms with van der Waals surface area (Å²) in [7, 11) is 0. The molecule has 0 saturated heterocycles. The molecular formula is C30H42O4. The quantitative estimate of drug-likeness (QED) is 0.380. The molecule has 3 aliphatic rings. The first-order valence-corrected chi connectivity index (χ1v) is 13.1. The van der Waals surface area contributed by atoms with E-state index < -0.39 is 0 Å². The van der Waals surface area contributed by atoms with E-state index >= 15 is 0 Å². The summed E-state index contributed by atoms with van der Waals surface area (Å²) in [4.78, 5) is 12.2. The number of benzene rings is 1. The minimum absolute atomic E-state index is 0.0354. The second-order valence-corrected chi connectivity index (χ2v) is 11.3. The minimum Gasteiger partial charge on any atom is -0.494 e. The van der Waals surface area contributed by atoms with Crippen LogP contribution < -0.4 is 4.74 Å². The summed E-state index contributed by atoms with van der Waals surface area (Å²) in [6.07, 6.45) is 10.8. The van der Waals surface area contributed by atoms with Crippen LogP contribution in [-0.2, 0) is 9.53 Å². The maximum absolute atomic E-state index is 12.2. The van der Waals surface area contributed by atoms with Gasteiger partial charge in [-0.3, -0.25) is 4.79 Å². The average molecular weight is 467 g/mol. The summed E-state index contributed by atoms with van der Waals surface area (Å²) < 4.78 is 11.7. The molecular weight excluding hydrogens is 424 g/mol. The monoisotopic (exact) mass is 466 g/mol. The number of aliphatic hydroxyl groups excluding tert-OH is 1. The van der Waals surface area contributed by atoms with Gasteiger partial charge in [-0.2, -0.15) is 0 Å². The molecule has 0 bridgehead atoms. The number of allylic oxidation sites excluding steroid dienone is 2. The number of aliphatic hydroxyl groups is 1. The normalized spacial score (nSPS) is 38.0. The molecule has 0 spiro atoms. The average Bonchev–Trinajstić information content (AvgIpc) is 3.10. The second kappa shape index (κ2) is 9.89. The van der Waals surface area contributed by atoms with Crippen molar-refractivity contribution in [3.05, 3.63) is 48.1 Å². The first-order valence-electron chi connectivity index (χ1n) is 13.1. The zero-order chi connectivity index (χ0) is 24.5. The van der Waals surface area contributed by atoms with Gasteiger partial charge in [0.1, 0.15) is 11.9 Å². The molecule has 3 saturated carbocycles. The Bertz CT molecular complexity index is 918. The molecule has 1 N–H and O–H groups in total. The van der Waals surface area contributed by atoms with Crippen molar-refractivity contribution >= 4 is 12.0 Å². The van der Waals surface area contributed by atoms with Crippen molar-refractivity contribution in [2.24, 2.45) is 28.6 Å². The third-order valence-corrected chi connectivity index (χ3v) is 9.40. The molecule has 0 aliphatic heterocycles. The van der Waals surface area contributed by atoms with Gasteiger partial charge in [0.25, 0.3) is 0 Å². The van der Waals surface area contributed by atoms with Crippen molar-refractivity contribution in [1.29, 1.82) is 0 Å². The molecule has 0 heterocycles. The molecule has 1 aromatic carbocycles. The van der Waals surface area contributed by atoms with Gasteiger partial charge < -0.3 is 14.6 Å². The van der Waals surface area contributed by atoms with E-state index in [0.717, 1.165) is 56.3 Å².